The molecule has 0 spiro atoms. The SMILES string of the molecule is COc1ccc(Cl)cc1N1CC[C@H](NS(=O)(=O)N(C)C)C1. The highest BCUT2D eigenvalue weighted by Gasteiger charge is 2.28. The van der Waals surface area contributed by atoms with Crippen molar-refractivity contribution in [2.24, 2.45) is 0 Å². The topological polar surface area (TPSA) is 61.9 Å². The van der Waals surface area contributed by atoms with Gasteiger partial charge in [-0.15, -0.1) is 0 Å². The van der Waals surface area contributed by atoms with Crippen molar-refractivity contribution in [3.05, 3.63) is 23.2 Å². The molecule has 0 aromatic heterocycles. The second kappa shape index (κ2) is 6.39. The van der Waals surface area contributed by atoms with E-state index in [-0.39, 0.29) is 6.04 Å². The lowest BCUT2D eigenvalue weighted by molar-refractivity contribution is 0.415. The molecule has 1 heterocycles. The van der Waals surface area contributed by atoms with Gasteiger partial charge in [-0.3, -0.25) is 0 Å². The van der Waals surface area contributed by atoms with Crippen molar-refractivity contribution in [1.82, 2.24) is 9.03 Å². The summed E-state index contributed by atoms with van der Waals surface area (Å²) < 4.78 is 32.9. The Morgan fingerprint density at radius 3 is 2.76 bits per heavy atom. The summed E-state index contributed by atoms with van der Waals surface area (Å²) in [6.45, 7) is 1.33. The fraction of sp³-hybridized carbons (Fsp3) is 0.538. The van der Waals surface area contributed by atoms with E-state index >= 15 is 0 Å². The Morgan fingerprint density at radius 2 is 2.14 bits per heavy atom. The lowest BCUT2D eigenvalue weighted by atomic mass is 10.2. The molecule has 0 amide bonds. The average Bonchev–Trinajstić information content (AvgIpc) is 2.86. The van der Waals surface area contributed by atoms with Crippen LogP contribution in [0.1, 0.15) is 6.42 Å². The van der Waals surface area contributed by atoms with E-state index in [4.69, 9.17) is 16.3 Å². The first kappa shape index (κ1) is 16.4. The fourth-order valence-electron chi connectivity index (χ4n) is 2.30. The standard InChI is InChI=1S/C13H20ClN3O3S/c1-16(2)21(18,19)15-11-6-7-17(9-11)12-8-10(14)4-5-13(12)20-3/h4-5,8,11,15H,6-7,9H2,1-3H3/t11-/m0/s1. The Balaban J connectivity index is 2.11. The summed E-state index contributed by atoms with van der Waals surface area (Å²) in [6.07, 6.45) is 0.739. The molecule has 0 saturated carbocycles. The molecule has 1 N–H and O–H groups in total. The van der Waals surface area contributed by atoms with E-state index in [1.165, 1.54) is 18.4 Å². The van der Waals surface area contributed by atoms with E-state index in [2.05, 4.69) is 9.62 Å². The Labute approximate surface area is 130 Å². The molecule has 0 unspecified atom stereocenters. The predicted molar refractivity (Wildman–Crippen MR) is 84.4 cm³/mol. The average molecular weight is 334 g/mol. The number of anilines is 1. The normalized spacial score (nSPS) is 19.3. The highest BCUT2D eigenvalue weighted by atomic mass is 35.5. The quantitative estimate of drug-likeness (QED) is 0.883. The van der Waals surface area contributed by atoms with Gasteiger partial charge in [-0.2, -0.15) is 17.4 Å². The number of nitrogens with zero attached hydrogens (tertiary/aromatic N) is 2. The van der Waals surface area contributed by atoms with Gasteiger partial charge in [0.1, 0.15) is 5.75 Å². The second-order valence-electron chi connectivity index (χ2n) is 5.15. The summed E-state index contributed by atoms with van der Waals surface area (Å²) in [7, 11) is 1.21. The van der Waals surface area contributed by atoms with Gasteiger partial charge >= 0.3 is 0 Å². The van der Waals surface area contributed by atoms with Gasteiger partial charge in [-0.05, 0) is 24.6 Å². The van der Waals surface area contributed by atoms with Gasteiger partial charge in [0.15, 0.2) is 0 Å². The van der Waals surface area contributed by atoms with Gasteiger partial charge in [-0.25, -0.2) is 0 Å². The smallest absolute Gasteiger partial charge is 0.279 e. The molecule has 21 heavy (non-hydrogen) atoms. The van der Waals surface area contributed by atoms with E-state index in [1.54, 1.807) is 13.2 Å². The minimum Gasteiger partial charge on any atom is -0.495 e. The molecule has 1 aromatic carbocycles. The number of ether oxygens (including phenoxy) is 1. The number of benzene rings is 1. The first-order valence-corrected chi connectivity index (χ1v) is 8.43. The van der Waals surface area contributed by atoms with Crippen LogP contribution >= 0.6 is 11.6 Å². The predicted octanol–water partition coefficient (Wildman–Crippen LogP) is 1.32. The Kier molecular flexibility index (Phi) is 4.98. The lowest BCUT2D eigenvalue weighted by Crippen LogP contribution is -2.43. The molecule has 2 rings (SSSR count). The summed E-state index contributed by atoms with van der Waals surface area (Å²) in [4.78, 5) is 2.08. The molecule has 1 fully saturated rings. The maximum Gasteiger partial charge on any atom is 0.279 e. The van der Waals surface area contributed by atoms with E-state index in [1.807, 2.05) is 12.1 Å². The van der Waals surface area contributed by atoms with Crippen molar-refractivity contribution in [2.45, 2.75) is 12.5 Å². The molecule has 1 atom stereocenters. The number of halogens is 1. The molecule has 0 aliphatic carbocycles. The fourth-order valence-corrected chi connectivity index (χ4v) is 3.29. The largest absolute Gasteiger partial charge is 0.495 e. The maximum atomic E-state index is 11.9. The van der Waals surface area contributed by atoms with Crippen LogP contribution in [0.25, 0.3) is 0 Å². The molecule has 6 nitrogen and oxygen atoms in total. The van der Waals surface area contributed by atoms with Crippen molar-refractivity contribution in [2.75, 3.05) is 39.2 Å². The number of rotatable bonds is 5. The van der Waals surface area contributed by atoms with Crippen LogP contribution < -0.4 is 14.4 Å². The van der Waals surface area contributed by atoms with Gasteiger partial charge in [0.05, 0.1) is 12.8 Å². The molecule has 0 radical (unpaired) electrons. The maximum absolute atomic E-state index is 11.9. The number of nitrogens with one attached hydrogen (secondary N) is 1. The van der Waals surface area contributed by atoms with Crippen molar-refractivity contribution in [1.29, 1.82) is 0 Å². The zero-order valence-corrected chi connectivity index (χ0v) is 13.9. The van der Waals surface area contributed by atoms with Crippen LogP contribution in [0, 0.1) is 0 Å². The first-order chi connectivity index (χ1) is 9.83. The van der Waals surface area contributed by atoms with Crippen LogP contribution in [0.2, 0.25) is 5.02 Å². The Hall–Kier alpha value is -1.02. The molecular formula is C13H20ClN3O3S. The molecule has 1 aliphatic rings. The monoisotopic (exact) mass is 333 g/mol. The summed E-state index contributed by atoms with van der Waals surface area (Å²) >= 11 is 6.04. The van der Waals surface area contributed by atoms with Crippen LogP contribution in [-0.4, -0.2) is 53.1 Å². The molecule has 1 aromatic rings. The third-order valence-corrected chi connectivity index (χ3v) is 5.29. The van der Waals surface area contributed by atoms with Crippen molar-refractivity contribution in [3.8, 4) is 5.75 Å². The molecule has 1 aliphatic heterocycles. The van der Waals surface area contributed by atoms with E-state index in [0.717, 1.165) is 24.4 Å². The minimum atomic E-state index is -3.41. The minimum absolute atomic E-state index is 0.124. The third-order valence-electron chi connectivity index (χ3n) is 3.47. The van der Waals surface area contributed by atoms with E-state index in [9.17, 15) is 8.42 Å². The van der Waals surface area contributed by atoms with Gasteiger partial charge in [-0.1, -0.05) is 11.6 Å². The van der Waals surface area contributed by atoms with Gasteiger partial charge in [0, 0.05) is 38.2 Å². The van der Waals surface area contributed by atoms with E-state index in [0.29, 0.717) is 11.6 Å². The van der Waals surface area contributed by atoms with Crippen LogP contribution in [0.15, 0.2) is 18.2 Å². The first-order valence-electron chi connectivity index (χ1n) is 6.62. The molecule has 0 bridgehead atoms. The highest BCUT2D eigenvalue weighted by molar-refractivity contribution is 7.87. The molecular weight excluding hydrogens is 314 g/mol. The summed E-state index contributed by atoms with van der Waals surface area (Å²) in [5.74, 6) is 0.732. The molecule has 8 heteroatoms. The van der Waals surface area contributed by atoms with Crippen LogP contribution in [0.3, 0.4) is 0 Å². The summed E-state index contributed by atoms with van der Waals surface area (Å²) in [5.41, 5.74) is 0.886. The molecule has 1 saturated heterocycles. The van der Waals surface area contributed by atoms with Gasteiger partial charge in [0.25, 0.3) is 10.2 Å². The Bertz CT molecular complexity index is 607. The van der Waals surface area contributed by atoms with Crippen molar-refractivity contribution < 1.29 is 13.2 Å². The van der Waals surface area contributed by atoms with Crippen molar-refractivity contribution in [3.63, 3.8) is 0 Å². The van der Waals surface area contributed by atoms with Crippen LogP contribution in [-0.2, 0) is 10.2 Å². The summed E-state index contributed by atoms with van der Waals surface area (Å²) in [5, 5.41) is 0.628. The number of hydrogen-bond donors (Lipinski definition) is 1. The third kappa shape index (κ3) is 3.79. The molecule has 118 valence electrons. The van der Waals surface area contributed by atoms with E-state index < -0.39 is 10.2 Å². The van der Waals surface area contributed by atoms with Gasteiger partial charge in [0.2, 0.25) is 0 Å². The summed E-state index contributed by atoms with van der Waals surface area (Å²) in [6, 6.07) is 5.30. The number of hydrogen-bond acceptors (Lipinski definition) is 4. The second-order valence-corrected chi connectivity index (χ2v) is 7.51. The van der Waals surface area contributed by atoms with Crippen molar-refractivity contribution >= 4 is 27.5 Å². The highest BCUT2D eigenvalue weighted by Crippen LogP contribution is 2.33. The number of methoxy groups -OCH3 is 1. The Morgan fingerprint density at radius 1 is 1.43 bits per heavy atom. The zero-order valence-electron chi connectivity index (χ0n) is 12.3. The zero-order chi connectivity index (χ0) is 15.6. The van der Waals surface area contributed by atoms with Crippen LogP contribution in [0.4, 0.5) is 5.69 Å². The lowest BCUT2D eigenvalue weighted by Gasteiger charge is -2.22. The van der Waals surface area contributed by atoms with Gasteiger partial charge < -0.3 is 9.64 Å². The van der Waals surface area contributed by atoms with Crippen LogP contribution in [0.5, 0.6) is 5.75 Å².